The molecule has 1 aliphatic rings. The zero-order chi connectivity index (χ0) is 24.4. The van der Waals surface area contributed by atoms with Crippen LogP contribution in [0, 0.1) is 0 Å². The fourth-order valence-corrected chi connectivity index (χ4v) is 6.30. The number of thiazole rings is 1. The summed E-state index contributed by atoms with van der Waals surface area (Å²) in [6, 6.07) is 15.0. The maximum Gasteiger partial charge on any atom is 0.265 e. The molecule has 0 unspecified atom stereocenters. The minimum Gasteiger partial charge on any atom is -0.338 e. The van der Waals surface area contributed by atoms with Gasteiger partial charge in [0, 0.05) is 37.4 Å². The van der Waals surface area contributed by atoms with E-state index in [1.807, 2.05) is 0 Å². The monoisotopic (exact) mass is 528 g/mol. The molecule has 9 nitrogen and oxygen atoms in total. The van der Waals surface area contributed by atoms with Gasteiger partial charge in [0.2, 0.25) is 0 Å². The van der Waals surface area contributed by atoms with E-state index in [0.29, 0.717) is 29.2 Å². The van der Waals surface area contributed by atoms with Gasteiger partial charge in [0.25, 0.3) is 15.9 Å². The van der Waals surface area contributed by atoms with Crippen LogP contribution in [0.4, 0.5) is 16.6 Å². The Hall–Kier alpha value is -3.25. The standard InChI is InChI=1S/C23H21ClN6O3S2/c24-15-7-8-17-19(14-15)34-23(28-17)29-35(32,33)20-6-2-1-5-18(20)27-21-16(4-3-9-26-21)22(31)30-12-10-25-11-13-30/h1-9,14,25H,10-13H2,(H,26,27)(H,28,29). The Balaban J connectivity index is 1.44. The topological polar surface area (TPSA) is 116 Å². The second kappa shape index (κ2) is 9.78. The number of anilines is 3. The molecule has 0 radical (unpaired) electrons. The minimum atomic E-state index is -4.00. The van der Waals surface area contributed by atoms with Gasteiger partial charge >= 0.3 is 0 Å². The Morgan fingerprint density at radius 1 is 1.09 bits per heavy atom. The van der Waals surface area contributed by atoms with Gasteiger partial charge in [-0.05, 0) is 42.5 Å². The van der Waals surface area contributed by atoms with Crippen LogP contribution in [0.15, 0.2) is 65.7 Å². The first kappa shape index (κ1) is 23.5. The van der Waals surface area contributed by atoms with E-state index in [4.69, 9.17) is 11.6 Å². The highest BCUT2D eigenvalue weighted by Crippen LogP contribution is 2.32. The summed E-state index contributed by atoms with van der Waals surface area (Å²) < 4.78 is 29.9. The molecule has 180 valence electrons. The summed E-state index contributed by atoms with van der Waals surface area (Å²) in [7, 11) is -4.00. The van der Waals surface area contributed by atoms with Crippen LogP contribution >= 0.6 is 22.9 Å². The summed E-state index contributed by atoms with van der Waals surface area (Å²) in [5, 5.41) is 7.05. The molecule has 0 atom stereocenters. The summed E-state index contributed by atoms with van der Waals surface area (Å²) in [4.78, 5) is 23.5. The van der Waals surface area contributed by atoms with Crippen molar-refractivity contribution in [3.8, 4) is 0 Å². The second-order valence-electron chi connectivity index (χ2n) is 7.80. The third-order valence-electron chi connectivity index (χ3n) is 5.44. The molecular formula is C23H21ClN6O3S2. The first-order chi connectivity index (χ1) is 16.9. The van der Waals surface area contributed by atoms with Crippen LogP contribution in [0.5, 0.6) is 0 Å². The number of fused-ring (bicyclic) bond motifs is 1. The SMILES string of the molecule is O=C(c1cccnc1Nc1ccccc1S(=O)(=O)Nc1nc2ccc(Cl)cc2s1)N1CCNCC1. The van der Waals surface area contributed by atoms with Gasteiger partial charge < -0.3 is 15.5 Å². The van der Waals surface area contributed by atoms with Gasteiger partial charge in [-0.25, -0.2) is 18.4 Å². The molecule has 4 aromatic rings. The highest BCUT2D eigenvalue weighted by molar-refractivity contribution is 7.93. The van der Waals surface area contributed by atoms with E-state index in [9.17, 15) is 13.2 Å². The van der Waals surface area contributed by atoms with Gasteiger partial charge in [0.15, 0.2) is 5.13 Å². The first-order valence-corrected chi connectivity index (χ1v) is 13.5. The van der Waals surface area contributed by atoms with E-state index < -0.39 is 10.0 Å². The molecule has 1 amide bonds. The molecule has 0 saturated carbocycles. The lowest BCUT2D eigenvalue weighted by Crippen LogP contribution is -2.46. The number of sulfonamides is 1. The van der Waals surface area contributed by atoms with Gasteiger partial charge in [-0.1, -0.05) is 35.1 Å². The fourth-order valence-electron chi connectivity index (χ4n) is 3.76. The van der Waals surface area contributed by atoms with Gasteiger partial charge in [0.05, 0.1) is 21.5 Å². The second-order valence-corrected chi connectivity index (χ2v) is 10.9. The molecule has 3 heterocycles. The van der Waals surface area contributed by atoms with E-state index in [0.717, 1.165) is 17.8 Å². The van der Waals surface area contributed by atoms with Crippen molar-refractivity contribution in [1.82, 2.24) is 20.2 Å². The van der Waals surface area contributed by atoms with E-state index >= 15 is 0 Å². The van der Waals surface area contributed by atoms with Gasteiger partial charge in [-0.2, -0.15) is 0 Å². The maximum atomic E-state index is 13.3. The van der Waals surface area contributed by atoms with Crippen LogP contribution in [0.25, 0.3) is 10.2 Å². The van der Waals surface area contributed by atoms with Crippen LogP contribution < -0.4 is 15.4 Å². The van der Waals surface area contributed by atoms with E-state index in [2.05, 4.69) is 25.3 Å². The van der Waals surface area contributed by atoms with Crippen LogP contribution in [-0.2, 0) is 10.0 Å². The number of nitrogens with one attached hydrogen (secondary N) is 3. The molecule has 12 heteroatoms. The largest absolute Gasteiger partial charge is 0.338 e. The normalized spacial score (nSPS) is 14.1. The van der Waals surface area contributed by atoms with Gasteiger partial charge in [0.1, 0.15) is 10.7 Å². The fraction of sp³-hybridized carbons (Fsp3) is 0.174. The molecule has 2 aromatic heterocycles. The Bertz CT molecular complexity index is 1500. The number of pyridine rings is 1. The smallest absolute Gasteiger partial charge is 0.265 e. The lowest BCUT2D eigenvalue weighted by Gasteiger charge is -2.28. The van der Waals surface area contributed by atoms with Crippen LogP contribution in [0.1, 0.15) is 10.4 Å². The third kappa shape index (κ3) is 5.08. The summed E-state index contributed by atoms with van der Waals surface area (Å²) >= 11 is 7.23. The summed E-state index contributed by atoms with van der Waals surface area (Å²) in [6.07, 6.45) is 1.55. The number of carbonyl (C=O) groups excluding carboxylic acids is 1. The van der Waals surface area contributed by atoms with Gasteiger partial charge in [-0.3, -0.25) is 9.52 Å². The number of hydrogen-bond donors (Lipinski definition) is 3. The number of hydrogen-bond acceptors (Lipinski definition) is 8. The summed E-state index contributed by atoms with van der Waals surface area (Å²) in [6.45, 7) is 2.63. The Labute approximate surface area is 211 Å². The quantitative estimate of drug-likeness (QED) is 0.347. The lowest BCUT2D eigenvalue weighted by molar-refractivity contribution is 0.0736. The molecule has 35 heavy (non-hydrogen) atoms. The molecule has 0 spiro atoms. The number of para-hydroxylation sites is 1. The predicted molar refractivity (Wildman–Crippen MR) is 138 cm³/mol. The van der Waals surface area contributed by atoms with Crippen molar-refractivity contribution in [2.45, 2.75) is 4.90 Å². The number of aromatic nitrogens is 2. The number of halogens is 1. The van der Waals surface area contributed by atoms with Crippen molar-refractivity contribution in [3.63, 3.8) is 0 Å². The minimum absolute atomic E-state index is 0.00325. The van der Waals surface area contributed by atoms with Crippen molar-refractivity contribution >= 4 is 65.7 Å². The van der Waals surface area contributed by atoms with Crippen molar-refractivity contribution in [1.29, 1.82) is 0 Å². The van der Waals surface area contributed by atoms with Crippen molar-refractivity contribution in [2.75, 3.05) is 36.2 Å². The highest BCUT2D eigenvalue weighted by atomic mass is 35.5. The molecule has 2 aromatic carbocycles. The van der Waals surface area contributed by atoms with E-state index in [1.54, 1.807) is 59.6 Å². The summed E-state index contributed by atoms with van der Waals surface area (Å²) in [5.74, 6) is 0.127. The maximum absolute atomic E-state index is 13.3. The Morgan fingerprint density at radius 3 is 2.71 bits per heavy atom. The molecular weight excluding hydrogens is 508 g/mol. The van der Waals surface area contributed by atoms with Crippen LogP contribution in [0.3, 0.4) is 0 Å². The number of carbonyl (C=O) groups is 1. The average Bonchev–Trinajstić information content (AvgIpc) is 3.25. The van der Waals surface area contributed by atoms with Crippen molar-refractivity contribution < 1.29 is 13.2 Å². The third-order valence-corrected chi connectivity index (χ3v) is 8.14. The number of benzene rings is 2. The number of rotatable bonds is 6. The van der Waals surface area contributed by atoms with E-state index in [-0.39, 0.29) is 27.4 Å². The zero-order valence-electron chi connectivity index (χ0n) is 18.4. The average molecular weight is 529 g/mol. The Kier molecular flexibility index (Phi) is 6.56. The van der Waals surface area contributed by atoms with Gasteiger partial charge in [-0.15, -0.1) is 0 Å². The highest BCUT2D eigenvalue weighted by Gasteiger charge is 2.24. The number of amides is 1. The number of nitrogens with zero attached hydrogens (tertiary/aromatic N) is 3. The summed E-state index contributed by atoms with van der Waals surface area (Å²) in [5.41, 5.74) is 1.31. The zero-order valence-corrected chi connectivity index (χ0v) is 20.8. The molecule has 3 N–H and O–H groups in total. The molecule has 1 fully saturated rings. The Morgan fingerprint density at radius 2 is 1.89 bits per heavy atom. The number of piperazine rings is 1. The first-order valence-electron chi connectivity index (χ1n) is 10.8. The van der Waals surface area contributed by atoms with E-state index in [1.165, 1.54) is 17.4 Å². The molecule has 1 saturated heterocycles. The van der Waals surface area contributed by atoms with Crippen molar-refractivity contribution in [2.24, 2.45) is 0 Å². The molecule has 0 aliphatic carbocycles. The lowest BCUT2D eigenvalue weighted by atomic mass is 10.2. The van der Waals surface area contributed by atoms with Crippen LogP contribution in [-0.4, -0.2) is 55.4 Å². The molecule has 0 bridgehead atoms. The van der Waals surface area contributed by atoms with Crippen molar-refractivity contribution in [3.05, 3.63) is 71.4 Å². The van der Waals surface area contributed by atoms with Crippen LogP contribution in [0.2, 0.25) is 5.02 Å². The predicted octanol–water partition coefficient (Wildman–Crippen LogP) is 3.93. The molecule has 5 rings (SSSR count). The molecule has 1 aliphatic heterocycles.